The fraction of sp³-hybridized carbons (Fsp3) is 0.714. The van der Waals surface area contributed by atoms with Crippen molar-refractivity contribution in [3.8, 4) is 5.88 Å². The van der Waals surface area contributed by atoms with E-state index in [9.17, 15) is 4.79 Å². The van der Waals surface area contributed by atoms with Crippen molar-refractivity contribution in [3.63, 3.8) is 0 Å². The highest BCUT2D eigenvalue weighted by molar-refractivity contribution is 5.80. The molecule has 1 amide bonds. The molecule has 0 aliphatic carbocycles. The summed E-state index contributed by atoms with van der Waals surface area (Å²) in [5.74, 6) is 1.69. The summed E-state index contributed by atoms with van der Waals surface area (Å²) in [5.41, 5.74) is -0.132. The van der Waals surface area contributed by atoms with Gasteiger partial charge in [-0.25, -0.2) is 4.98 Å². The SMILES string of the molecule is CCN1CCC(C(=O)N2CC3(C2)OCC[C@H]3CCOc2ccccn2)CC1. The van der Waals surface area contributed by atoms with Crippen LogP contribution >= 0.6 is 0 Å². The van der Waals surface area contributed by atoms with Gasteiger partial charge in [0.2, 0.25) is 11.8 Å². The Morgan fingerprint density at radius 1 is 1.30 bits per heavy atom. The van der Waals surface area contributed by atoms with Gasteiger partial charge in [-0.1, -0.05) is 13.0 Å². The Bertz CT molecular complexity index is 625. The minimum atomic E-state index is -0.132. The number of carbonyl (C=O) groups excluding carboxylic acids is 1. The highest BCUT2D eigenvalue weighted by Gasteiger charge is 2.54. The Morgan fingerprint density at radius 2 is 2.11 bits per heavy atom. The van der Waals surface area contributed by atoms with Gasteiger partial charge in [0.15, 0.2) is 0 Å². The van der Waals surface area contributed by atoms with Crippen molar-refractivity contribution in [2.75, 3.05) is 45.9 Å². The Kier molecular flexibility index (Phi) is 5.64. The summed E-state index contributed by atoms with van der Waals surface area (Å²) < 4.78 is 11.9. The maximum Gasteiger partial charge on any atom is 0.225 e. The molecule has 3 aliphatic heterocycles. The number of nitrogens with zero attached hydrogens (tertiary/aromatic N) is 3. The molecule has 0 N–H and O–H groups in total. The number of aromatic nitrogens is 1. The molecule has 4 heterocycles. The van der Waals surface area contributed by atoms with E-state index in [1.165, 1.54) is 0 Å². The summed E-state index contributed by atoms with van der Waals surface area (Å²) in [7, 11) is 0. The van der Waals surface area contributed by atoms with Gasteiger partial charge in [0, 0.05) is 24.8 Å². The molecule has 0 unspecified atom stereocenters. The minimum Gasteiger partial charge on any atom is -0.478 e. The van der Waals surface area contributed by atoms with Crippen molar-refractivity contribution >= 4 is 5.91 Å². The van der Waals surface area contributed by atoms with E-state index >= 15 is 0 Å². The van der Waals surface area contributed by atoms with Gasteiger partial charge in [-0.05, 0) is 57.3 Å². The minimum absolute atomic E-state index is 0.132. The van der Waals surface area contributed by atoms with Crippen LogP contribution in [0, 0.1) is 11.8 Å². The molecule has 1 spiro atoms. The van der Waals surface area contributed by atoms with Crippen molar-refractivity contribution in [2.45, 2.75) is 38.2 Å². The van der Waals surface area contributed by atoms with E-state index in [0.29, 0.717) is 24.3 Å². The molecule has 6 nitrogen and oxygen atoms in total. The zero-order chi connectivity index (χ0) is 18.7. The lowest BCUT2D eigenvalue weighted by molar-refractivity contribution is -0.170. The smallest absolute Gasteiger partial charge is 0.225 e. The third-order valence-corrected chi connectivity index (χ3v) is 6.57. The lowest BCUT2D eigenvalue weighted by Gasteiger charge is -2.51. The molecule has 0 aromatic carbocycles. The fourth-order valence-corrected chi connectivity index (χ4v) is 4.79. The molecule has 27 heavy (non-hydrogen) atoms. The predicted octanol–water partition coefficient (Wildman–Crippen LogP) is 2.20. The quantitative estimate of drug-likeness (QED) is 0.765. The van der Waals surface area contributed by atoms with E-state index in [-0.39, 0.29) is 11.5 Å². The fourth-order valence-electron chi connectivity index (χ4n) is 4.79. The van der Waals surface area contributed by atoms with Crippen LogP contribution in [0.25, 0.3) is 0 Å². The zero-order valence-electron chi connectivity index (χ0n) is 16.3. The summed E-state index contributed by atoms with van der Waals surface area (Å²) >= 11 is 0. The van der Waals surface area contributed by atoms with E-state index in [1.807, 2.05) is 23.1 Å². The number of ether oxygens (including phenoxy) is 2. The van der Waals surface area contributed by atoms with E-state index in [4.69, 9.17) is 9.47 Å². The van der Waals surface area contributed by atoms with Crippen molar-refractivity contribution in [2.24, 2.45) is 11.8 Å². The monoisotopic (exact) mass is 373 g/mol. The second kappa shape index (κ2) is 8.15. The molecule has 0 saturated carbocycles. The second-order valence-corrected chi connectivity index (χ2v) is 8.11. The number of rotatable bonds is 6. The van der Waals surface area contributed by atoms with Crippen LogP contribution in [0.3, 0.4) is 0 Å². The lowest BCUT2D eigenvalue weighted by atomic mass is 9.78. The lowest BCUT2D eigenvalue weighted by Crippen LogP contribution is -2.67. The summed E-state index contributed by atoms with van der Waals surface area (Å²) in [6, 6.07) is 5.70. The van der Waals surface area contributed by atoms with Crippen LogP contribution in [0.5, 0.6) is 5.88 Å². The van der Waals surface area contributed by atoms with Gasteiger partial charge in [0.25, 0.3) is 0 Å². The number of piperidine rings is 1. The number of carbonyl (C=O) groups is 1. The molecule has 6 heteroatoms. The maximum absolute atomic E-state index is 12.8. The highest BCUT2D eigenvalue weighted by atomic mass is 16.5. The Labute approximate surface area is 161 Å². The van der Waals surface area contributed by atoms with Crippen LogP contribution in [0.2, 0.25) is 0 Å². The van der Waals surface area contributed by atoms with Crippen molar-refractivity contribution < 1.29 is 14.3 Å². The van der Waals surface area contributed by atoms with Crippen molar-refractivity contribution in [3.05, 3.63) is 24.4 Å². The van der Waals surface area contributed by atoms with Crippen LogP contribution in [0.4, 0.5) is 0 Å². The standard InChI is InChI=1S/C21H31N3O3/c1-2-23-11-6-17(7-12-23)20(25)24-15-21(16-24)18(9-14-27-21)8-13-26-19-5-3-4-10-22-19/h3-5,10,17-18H,2,6-9,11-16H2,1H3/t18-/m1/s1. The second-order valence-electron chi connectivity index (χ2n) is 8.11. The maximum atomic E-state index is 12.8. The first-order valence-corrected chi connectivity index (χ1v) is 10.4. The summed E-state index contributed by atoms with van der Waals surface area (Å²) in [6.45, 7) is 8.34. The third kappa shape index (κ3) is 3.97. The Balaban J connectivity index is 1.24. The van der Waals surface area contributed by atoms with Gasteiger partial charge in [-0.3, -0.25) is 4.79 Å². The Morgan fingerprint density at radius 3 is 2.81 bits per heavy atom. The van der Waals surface area contributed by atoms with E-state index in [0.717, 1.165) is 65.0 Å². The average molecular weight is 373 g/mol. The predicted molar refractivity (Wildman–Crippen MR) is 103 cm³/mol. The van der Waals surface area contributed by atoms with Gasteiger partial charge in [0.1, 0.15) is 5.60 Å². The zero-order valence-corrected chi connectivity index (χ0v) is 16.3. The van der Waals surface area contributed by atoms with Crippen LogP contribution in [-0.2, 0) is 9.53 Å². The van der Waals surface area contributed by atoms with Crippen LogP contribution in [0.15, 0.2) is 24.4 Å². The molecule has 1 aromatic heterocycles. The summed E-state index contributed by atoms with van der Waals surface area (Å²) in [6.07, 6.45) is 5.75. The summed E-state index contributed by atoms with van der Waals surface area (Å²) in [4.78, 5) is 21.5. The van der Waals surface area contributed by atoms with Gasteiger partial charge < -0.3 is 19.3 Å². The van der Waals surface area contributed by atoms with Gasteiger partial charge in [-0.2, -0.15) is 0 Å². The molecule has 4 rings (SSSR count). The number of pyridine rings is 1. The Hall–Kier alpha value is -1.66. The molecule has 0 radical (unpaired) electrons. The molecule has 148 valence electrons. The van der Waals surface area contributed by atoms with Crippen LogP contribution in [-0.4, -0.2) is 72.2 Å². The van der Waals surface area contributed by atoms with Crippen molar-refractivity contribution in [1.29, 1.82) is 0 Å². The number of hydrogen-bond donors (Lipinski definition) is 0. The van der Waals surface area contributed by atoms with E-state index in [1.54, 1.807) is 6.20 Å². The number of hydrogen-bond acceptors (Lipinski definition) is 5. The third-order valence-electron chi connectivity index (χ3n) is 6.57. The number of likely N-dealkylation sites (tertiary alicyclic amines) is 2. The molecule has 3 fully saturated rings. The molecule has 0 bridgehead atoms. The van der Waals surface area contributed by atoms with Crippen molar-refractivity contribution in [1.82, 2.24) is 14.8 Å². The molecule has 1 atom stereocenters. The first-order valence-electron chi connectivity index (χ1n) is 10.4. The largest absolute Gasteiger partial charge is 0.478 e. The molecular weight excluding hydrogens is 342 g/mol. The molecule has 3 saturated heterocycles. The average Bonchev–Trinajstić information content (AvgIpc) is 3.11. The first kappa shape index (κ1) is 18.7. The molecule has 3 aliphatic rings. The first-order chi connectivity index (χ1) is 13.2. The molecular formula is C21H31N3O3. The summed E-state index contributed by atoms with van der Waals surface area (Å²) in [5, 5.41) is 0. The van der Waals surface area contributed by atoms with Gasteiger partial charge in [0.05, 0.1) is 19.7 Å². The van der Waals surface area contributed by atoms with Crippen LogP contribution < -0.4 is 4.74 Å². The normalized spacial score (nSPS) is 25.5. The molecule has 1 aromatic rings. The van der Waals surface area contributed by atoms with Gasteiger partial charge >= 0.3 is 0 Å². The van der Waals surface area contributed by atoms with E-state index in [2.05, 4.69) is 16.8 Å². The van der Waals surface area contributed by atoms with Gasteiger partial charge in [-0.15, -0.1) is 0 Å². The number of amides is 1. The highest BCUT2D eigenvalue weighted by Crippen LogP contribution is 2.42. The topological polar surface area (TPSA) is 54.9 Å². The van der Waals surface area contributed by atoms with Crippen LogP contribution in [0.1, 0.15) is 32.6 Å². The van der Waals surface area contributed by atoms with E-state index < -0.39 is 0 Å².